The van der Waals surface area contributed by atoms with Gasteiger partial charge in [0.15, 0.2) is 0 Å². The van der Waals surface area contributed by atoms with Crippen molar-refractivity contribution in [3.05, 3.63) is 42.9 Å². The minimum absolute atomic E-state index is 1.22. The van der Waals surface area contributed by atoms with Crippen LogP contribution in [0.3, 0.4) is 0 Å². The van der Waals surface area contributed by atoms with E-state index in [1.54, 1.807) is 0 Å². The Kier molecular flexibility index (Phi) is 1.64. The van der Waals surface area contributed by atoms with E-state index in [9.17, 15) is 0 Å². The first-order chi connectivity index (χ1) is 6.93. The molecular formula is C11H8N2S. The third-order valence-corrected chi connectivity index (χ3v) is 3.05. The summed E-state index contributed by atoms with van der Waals surface area (Å²) < 4.78 is 5.40. The molecule has 0 fully saturated rings. The molecule has 0 aliphatic carbocycles. The molecule has 2 heterocycles. The van der Waals surface area contributed by atoms with Gasteiger partial charge in [-0.1, -0.05) is 12.1 Å². The van der Waals surface area contributed by atoms with Crippen LogP contribution in [0, 0.1) is 0 Å². The largest absolute Gasteiger partial charge is 0.367 e. The SMILES string of the molecule is c1cc(-c2ccc3cnsc3c2)c[nH]1. The lowest BCUT2D eigenvalue weighted by Gasteiger charge is -1.96. The summed E-state index contributed by atoms with van der Waals surface area (Å²) in [4.78, 5) is 3.06. The fourth-order valence-corrected chi connectivity index (χ4v) is 2.23. The Bertz CT molecular complexity index is 551. The highest BCUT2D eigenvalue weighted by Crippen LogP contribution is 2.25. The van der Waals surface area contributed by atoms with Crippen molar-refractivity contribution >= 4 is 21.6 Å². The van der Waals surface area contributed by atoms with Crippen molar-refractivity contribution in [3.8, 4) is 11.1 Å². The number of aromatic nitrogens is 2. The van der Waals surface area contributed by atoms with Crippen LogP contribution >= 0.6 is 11.5 Å². The zero-order chi connectivity index (χ0) is 9.38. The molecule has 3 rings (SSSR count). The van der Waals surface area contributed by atoms with Crippen molar-refractivity contribution in [2.75, 3.05) is 0 Å². The lowest BCUT2D eigenvalue weighted by molar-refractivity contribution is 1.41. The number of hydrogen-bond acceptors (Lipinski definition) is 2. The highest BCUT2D eigenvalue weighted by molar-refractivity contribution is 7.13. The number of nitrogens with one attached hydrogen (secondary N) is 1. The topological polar surface area (TPSA) is 28.7 Å². The van der Waals surface area contributed by atoms with Gasteiger partial charge in [-0.15, -0.1) is 0 Å². The summed E-state index contributed by atoms with van der Waals surface area (Å²) in [6.07, 6.45) is 5.84. The first-order valence-electron chi connectivity index (χ1n) is 4.41. The Morgan fingerprint density at radius 2 is 2.14 bits per heavy atom. The molecule has 0 atom stereocenters. The van der Waals surface area contributed by atoms with E-state index in [0.29, 0.717) is 0 Å². The molecule has 1 N–H and O–H groups in total. The highest BCUT2D eigenvalue weighted by atomic mass is 32.1. The molecule has 0 unspecified atom stereocenters. The predicted octanol–water partition coefficient (Wildman–Crippen LogP) is 3.29. The molecule has 14 heavy (non-hydrogen) atoms. The van der Waals surface area contributed by atoms with Gasteiger partial charge in [-0.2, -0.15) is 4.37 Å². The van der Waals surface area contributed by atoms with E-state index in [2.05, 4.69) is 33.6 Å². The summed E-state index contributed by atoms with van der Waals surface area (Å²) in [5, 5.41) is 1.22. The van der Waals surface area contributed by atoms with Gasteiger partial charge in [0.05, 0.1) is 4.70 Å². The molecule has 0 saturated carbocycles. The van der Waals surface area contributed by atoms with Gasteiger partial charge in [-0.3, -0.25) is 0 Å². The average molecular weight is 200 g/mol. The molecule has 0 saturated heterocycles. The maximum atomic E-state index is 4.16. The van der Waals surface area contributed by atoms with Gasteiger partial charge < -0.3 is 4.98 Å². The second kappa shape index (κ2) is 2.96. The molecule has 3 aromatic rings. The molecule has 2 nitrogen and oxygen atoms in total. The predicted molar refractivity (Wildman–Crippen MR) is 59.4 cm³/mol. The second-order valence-corrected chi connectivity index (χ2v) is 4.01. The molecule has 0 radical (unpaired) electrons. The minimum atomic E-state index is 1.22. The number of rotatable bonds is 1. The van der Waals surface area contributed by atoms with E-state index in [4.69, 9.17) is 0 Å². The average Bonchev–Trinajstić information content (AvgIpc) is 2.88. The number of H-pyrrole nitrogens is 1. The van der Waals surface area contributed by atoms with Crippen LogP contribution in [0.5, 0.6) is 0 Å². The zero-order valence-electron chi connectivity index (χ0n) is 7.40. The van der Waals surface area contributed by atoms with Crippen molar-refractivity contribution in [3.63, 3.8) is 0 Å². The Morgan fingerprint density at radius 3 is 3.00 bits per heavy atom. The summed E-state index contributed by atoms with van der Waals surface area (Å²) in [6.45, 7) is 0. The normalized spacial score (nSPS) is 10.9. The maximum Gasteiger partial charge on any atom is 0.0556 e. The van der Waals surface area contributed by atoms with Crippen molar-refractivity contribution in [2.24, 2.45) is 0 Å². The van der Waals surface area contributed by atoms with Crippen LogP contribution in [-0.4, -0.2) is 9.36 Å². The van der Waals surface area contributed by atoms with E-state index < -0.39 is 0 Å². The number of nitrogens with zero attached hydrogens (tertiary/aromatic N) is 1. The van der Waals surface area contributed by atoms with Crippen LogP contribution in [0.1, 0.15) is 0 Å². The number of benzene rings is 1. The lowest BCUT2D eigenvalue weighted by atomic mass is 10.1. The van der Waals surface area contributed by atoms with E-state index in [1.807, 2.05) is 18.6 Å². The first-order valence-corrected chi connectivity index (χ1v) is 5.18. The van der Waals surface area contributed by atoms with Crippen molar-refractivity contribution in [1.29, 1.82) is 0 Å². The minimum Gasteiger partial charge on any atom is -0.367 e. The van der Waals surface area contributed by atoms with E-state index in [1.165, 1.54) is 32.7 Å². The Morgan fingerprint density at radius 1 is 1.14 bits per heavy atom. The van der Waals surface area contributed by atoms with Crippen LogP contribution in [0.25, 0.3) is 21.2 Å². The fraction of sp³-hybridized carbons (Fsp3) is 0. The van der Waals surface area contributed by atoms with Crippen LogP contribution in [-0.2, 0) is 0 Å². The summed E-state index contributed by atoms with van der Waals surface area (Å²) >= 11 is 1.54. The van der Waals surface area contributed by atoms with Gasteiger partial charge in [0, 0.05) is 24.0 Å². The summed E-state index contributed by atoms with van der Waals surface area (Å²) in [7, 11) is 0. The van der Waals surface area contributed by atoms with Crippen LogP contribution < -0.4 is 0 Å². The molecule has 68 valence electrons. The van der Waals surface area contributed by atoms with E-state index >= 15 is 0 Å². The maximum absolute atomic E-state index is 4.16. The van der Waals surface area contributed by atoms with Gasteiger partial charge in [0.2, 0.25) is 0 Å². The first kappa shape index (κ1) is 7.76. The Labute approximate surface area is 85.4 Å². The molecule has 0 aliphatic rings. The lowest BCUT2D eigenvalue weighted by Crippen LogP contribution is -1.71. The van der Waals surface area contributed by atoms with Gasteiger partial charge in [0.25, 0.3) is 0 Å². The number of aromatic amines is 1. The zero-order valence-corrected chi connectivity index (χ0v) is 8.21. The van der Waals surface area contributed by atoms with Gasteiger partial charge in [0.1, 0.15) is 0 Å². The number of fused-ring (bicyclic) bond motifs is 1. The molecule has 0 bridgehead atoms. The van der Waals surface area contributed by atoms with Crippen molar-refractivity contribution in [2.45, 2.75) is 0 Å². The third-order valence-electron chi connectivity index (χ3n) is 2.29. The fourth-order valence-electron chi connectivity index (χ4n) is 1.54. The summed E-state index contributed by atoms with van der Waals surface area (Å²) in [5.41, 5.74) is 2.46. The Balaban J connectivity index is 2.23. The molecule has 2 aromatic heterocycles. The van der Waals surface area contributed by atoms with Crippen LogP contribution in [0.4, 0.5) is 0 Å². The Hall–Kier alpha value is -1.61. The number of hydrogen-bond donors (Lipinski definition) is 1. The van der Waals surface area contributed by atoms with Crippen LogP contribution in [0.15, 0.2) is 42.9 Å². The molecule has 0 amide bonds. The standard InChI is InChI=1S/C11H8N2S/c1-2-10-7-13-14-11(10)5-8(1)9-3-4-12-6-9/h1-7,12H. The second-order valence-electron chi connectivity index (χ2n) is 3.18. The van der Waals surface area contributed by atoms with Gasteiger partial charge >= 0.3 is 0 Å². The molecule has 1 aromatic carbocycles. The van der Waals surface area contributed by atoms with E-state index in [-0.39, 0.29) is 0 Å². The van der Waals surface area contributed by atoms with Crippen LogP contribution in [0.2, 0.25) is 0 Å². The monoisotopic (exact) mass is 200 g/mol. The van der Waals surface area contributed by atoms with Crippen molar-refractivity contribution < 1.29 is 0 Å². The summed E-state index contributed by atoms with van der Waals surface area (Å²) in [6, 6.07) is 8.49. The molecular weight excluding hydrogens is 192 g/mol. The third kappa shape index (κ3) is 1.14. The molecule has 0 aliphatic heterocycles. The van der Waals surface area contributed by atoms with E-state index in [0.717, 1.165) is 0 Å². The molecule has 0 spiro atoms. The molecule has 3 heteroatoms. The smallest absolute Gasteiger partial charge is 0.0556 e. The highest BCUT2D eigenvalue weighted by Gasteiger charge is 2.00. The summed E-state index contributed by atoms with van der Waals surface area (Å²) in [5.74, 6) is 0. The quantitative estimate of drug-likeness (QED) is 0.641. The van der Waals surface area contributed by atoms with Gasteiger partial charge in [-0.25, -0.2) is 0 Å². The van der Waals surface area contributed by atoms with Crippen molar-refractivity contribution in [1.82, 2.24) is 9.36 Å². The van der Waals surface area contributed by atoms with Gasteiger partial charge in [-0.05, 0) is 34.8 Å².